The third kappa shape index (κ3) is 4.61. The van der Waals surface area contributed by atoms with Gasteiger partial charge < -0.3 is 14.9 Å². The van der Waals surface area contributed by atoms with Crippen molar-refractivity contribution in [3.8, 4) is 0 Å². The second-order valence-electron chi connectivity index (χ2n) is 7.64. The molecule has 2 aromatic carbocycles. The Balaban J connectivity index is 2.13. The Hall–Kier alpha value is -3.59. The minimum Gasteiger partial charge on any atom is -0.872 e. The van der Waals surface area contributed by atoms with Gasteiger partial charge in [0.1, 0.15) is 5.82 Å². The SMILES string of the molecule is C[NH+](C)CCCN1C(=O)C(=O)C(=C([O-])c2ccc(F)cc2)C1c1cccc([N+](=O)[O-])c1. The van der Waals surface area contributed by atoms with E-state index in [1.165, 1.54) is 35.2 Å². The summed E-state index contributed by atoms with van der Waals surface area (Å²) < 4.78 is 13.3. The first-order valence-corrected chi connectivity index (χ1v) is 9.76. The summed E-state index contributed by atoms with van der Waals surface area (Å²) in [4.78, 5) is 38.7. The largest absolute Gasteiger partial charge is 0.872 e. The smallest absolute Gasteiger partial charge is 0.295 e. The molecule has 1 amide bonds. The normalized spacial score (nSPS) is 18.1. The lowest BCUT2D eigenvalue weighted by molar-refractivity contribution is -0.858. The Kier molecular flexibility index (Phi) is 6.45. The first-order valence-electron chi connectivity index (χ1n) is 9.76. The van der Waals surface area contributed by atoms with Crippen LogP contribution in [0.3, 0.4) is 0 Å². The van der Waals surface area contributed by atoms with E-state index < -0.39 is 34.2 Å². The fourth-order valence-corrected chi connectivity index (χ4v) is 3.62. The lowest BCUT2D eigenvalue weighted by atomic mass is 9.95. The van der Waals surface area contributed by atoms with Crippen molar-refractivity contribution in [2.45, 2.75) is 12.5 Å². The van der Waals surface area contributed by atoms with Gasteiger partial charge in [-0.25, -0.2) is 4.39 Å². The van der Waals surface area contributed by atoms with Crippen LogP contribution in [0.15, 0.2) is 54.1 Å². The van der Waals surface area contributed by atoms with Gasteiger partial charge in [-0.15, -0.1) is 0 Å². The number of nitrogens with one attached hydrogen (secondary N) is 1. The van der Waals surface area contributed by atoms with Gasteiger partial charge in [-0.1, -0.05) is 30.0 Å². The molecule has 1 N–H and O–H groups in total. The second kappa shape index (κ2) is 9.05. The molecule has 1 aliphatic heterocycles. The van der Waals surface area contributed by atoms with E-state index in [1.54, 1.807) is 6.07 Å². The van der Waals surface area contributed by atoms with Crippen LogP contribution >= 0.6 is 0 Å². The summed E-state index contributed by atoms with van der Waals surface area (Å²) in [6.07, 6.45) is 0.574. The van der Waals surface area contributed by atoms with Crippen molar-refractivity contribution in [1.82, 2.24) is 4.90 Å². The summed E-state index contributed by atoms with van der Waals surface area (Å²) in [5.74, 6) is -3.01. The third-order valence-electron chi connectivity index (χ3n) is 5.11. The van der Waals surface area contributed by atoms with Crippen molar-refractivity contribution in [3.63, 3.8) is 0 Å². The molecule has 0 radical (unpaired) electrons. The van der Waals surface area contributed by atoms with E-state index >= 15 is 0 Å². The van der Waals surface area contributed by atoms with Gasteiger partial charge in [-0.05, 0) is 23.3 Å². The topological polar surface area (TPSA) is 108 Å². The van der Waals surface area contributed by atoms with Crippen LogP contribution < -0.4 is 10.0 Å². The Morgan fingerprint density at radius 2 is 1.84 bits per heavy atom. The number of Topliss-reactive ketones (excluding diaryl/α,β-unsaturated/α-hetero) is 1. The molecule has 1 aliphatic rings. The van der Waals surface area contributed by atoms with Crippen LogP contribution in [-0.4, -0.2) is 48.7 Å². The van der Waals surface area contributed by atoms with Gasteiger partial charge in [0.15, 0.2) is 0 Å². The zero-order valence-corrected chi connectivity index (χ0v) is 17.1. The number of nitrogens with zero attached hydrogens (tertiary/aromatic N) is 2. The van der Waals surface area contributed by atoms with Gasteiger partial charge in [0.05, 0.1) is 31.6 Å². The number of hydrogen-bond donors (Lipinski definition) is 1. The zero-order chi connectivity index (χ0) is 22.7. The number of ketones is 1. The van der Waals surface area contributed by atoms with Crippen LogP contribution in [0, 0.1) is 15.9 Å². The van der Waals surface area contributed by atoms with Gasteiger partial charge in [0.2, 0.25) is 5.78 Å². The predicted molar refractivity (Wildman–Crippen MR) is 108 cm³/mol. The van der Waals surface area contributed by atoms with E-state index in [-0.39, 0.29) is 23.4 Å². The molecule has 8 nitrogen and oxygen atoms in total. The minimum absolute atomic E-state index is 0.0626. The van der Waals surface area contributed by atoms with Crippen molar-refractivity contribution in [2.75, 3.05) is 27.2 Å². The van der Waals surface area contributed by atoms with Crippen LogP contribution in [-0.2, 0) is 9.59 Å². The number of quaternary nitrogens is 1. The molecule has 0 spiro atoms. The van der Waals surface area contributed by atoms with E-state index in [2.05, 4.69) is 0 Å². The standard InChI is InChI=1S/C22H22FN3O5/c1-24(2)11-4-12-25-19(15-5-3-6-17(13-15)26(30)31)18(21(28)22(25)29)20(27)14-7-9-16(23)10-8-14/h3,5-10,13,19,27H,4,11-12H2,1-2H3. The lowest BCUT2D eigenvalue weighted by Gasteiger charge is -2.27. The number of nitro benzene ring substituents is 1. The van der Waals surface area contributed by atoms with Gasteiger partial charge in [-0.2, -0.15) is 0 Å². The van der Waals surface area contributed by atoms with Gasteiger partial charge in [-0.3, -0.25) is 19.7 Å². The maximum absolute atomic E-state index is 13.3. The molecule has 0 saturated carbocycles. The van der Waals surface area contributed by atoms with Crippen molar-refractivity contribution in [2.24, 2.45) is 0 Å². The number of hydrogen-bond acceptors (Lipinski definition) is 5. The van der Waals surface area contributed by atoms with Crippen LogP contribution in [0.5, 0.6) is 0 Å². The molecular weight excluding hydrogens is 405 g/mol. The molecule has 2 aromatic rings. The highest BCUT2D eigenvalue weighted by molar-refractivity contribution is 6.46. The van der Waals surface area contributed by atoms with Gasteiger partial charge >= 0.3 is 0 Å². The summed E-state index contributed by atoms with van der Waals surface area (Å²) in [6.45, 7) is 0.935. The van der Waals surface area contributed by atoms with Crippen molar-refractivity contribution < 1.29 is 28.9 Å². The van der Waals surface area contributed by atoms with E-state index in [1.807, 2.05) is 14.1 Å². The highest BCUT2D eigenvalue weighted by Crippen LogP contribution is 2.39. The molecular formula is C22H22FN3O5. The fourth-order valence-electron chi connectivity index (χ4n) is 3.62. The third-order valence-corrected chi connectivity index (χ3v) is 5.11. The summed E-state index contributed by atoms with van der Waals surface area (Å²) in [6, 6.07) is 9.17. The molecule has 1 heterocycles. The molecule has 162 valence electrons. The highest BCUT2D eigenvalue weighted by Gasteiger charge is 2.44. The average Bonchev–Trinajstić information content (AvgIpc) is 2.98. The maximum Gasteiger partial charge on any atom is 0.295 e. The fraction of sp³-hybridized carbons (Fsp3) is 0.273. The molecule has 1 fully saturated rings. The number of amides is 1. The van der Waals surface area contributed by atoms with Crippen LogP contribution in [0.2, 0.25) is 0 Å². The van der Waals surface area contributed by atoms with Crippen molar-refractivity contribution in [3.05, 3.63) is 81.2 Å². The Morgan fingerprint density at radius 1 is 1.16 bits per heavy atom. The summed E-state index contributed by atoms with van der Waals surface area (Å²) >= 11 is 0. The first-order chi connectivity index (χ1) is 14.7. The number of benzene rings is 2. The number of carbonyl (C=O) groups is 2. The van der Waals surface area contributed by atoms with Gasteiger partial charge in [0, 0.05) is 30.7 Å². The summed E-state index contributed by atoms with van der Waals surface area (Å²) in [5, 5.41) is 24.4. The molecule has 1 atom stereocenters. The molecule has 0 bridgehead atoms. The monoisotopic (exact) mass is 427 g/mol. The molecule has 31 heavy (non-hydrogen) atoms. The number of carbonyl (C=O) groups excluding carboxylic acids is 2. The van der Waals surface area contributed by atoms with E-state index in [4.69, 9.17) is 0 Å². The Labute approximate surface area is 178 Å². The van der Waals surface area contributed by atoms with Crippen LogP contribution in [0.1, 0.15) is 23.6 Å². The lowest BCUT2D eigenvalue weighted by Crippen LogP contribution is -3.05. The Bertz CT molecular complexity index is 1050. The molecule has 1 unspecified atom stereocenters. The summed E-state index contributed by atoms with van der Waals surface area (Å²) in [7, 11) is 3.90. The van der Waals surface area contributed by atoms with Crippen molar-refractivity contribution in [1.29, 1.82) is 0 Å². The number of nitro groups is 1. The van der Waals surface area contributed by atoms with Crippen molar-refractivity contribution >= 4 is 23.1 Å². The van der Waals surface area contributed by atoms with Crippen LogP contribution in [0.4, 0.5) is 10.1 Å². The minimum atomic E-state index is -1.05. The Morgan fingerprint density at radius 3 is 2.45 bits per heavy atom. The number of likely N-dealkylation sites (tertiary alicyclic amines) is 1. The summed E-state index contributed by atoms with van der Waals surface area (Å²) in [5.41, 5.74) is -0.131. The molecule has 1 saturated heterocycles. The first kappa shape index (κ1) is 22.1. The van der Waals surface area contributed by atoms with Gasteiger partial charge in [0.25, 0.3) is 11.6 Å². The molecule has 0 aromatic heterocycles. The zero-order valence-electron chi connectivity index (χ0n) is 17.1. The van der Waals surface area contributed by atoms with E-state index in [0.29, 0.717) is 12.0 Å². The maximum atomic E-state index is 13.3. The second-order valence-corrected chi connectivity index (χ2v) is 7.64. The van der Waals surface area contributed by atoms with E-state index in [0.717, 1.165) is 23.6 Å². The average molecular weight is 427 g/mol. The molecule has 3 rings (SSSR count). The predicted octanol–water partition coefficient (Wildman–Crippen LogP) is 0.493. The van der Waals surface area contributed by atoms with Crippen LogP contribution in [0.25, 0.3) is 5.76 Å². The molecule has 9 heteroatoms. The quantitative estimate of drug-likeness (QED) is 0.228. The molecule has 0 aliphatic carbocycles. The van der Waals surface area contributed by atoms with E-state index in [9.17, 15) is 29.2 Å². The number of halogens is 1. The number of rotatable bonds is 7. The number of non-ortho nitro benzene ring substituents is 1. The highest BCUT2D eigenvalue weighted by atomic mass is 19.1.